The Morgan fingerprint density at radius 3 is 2.43 bits per heavy atom. The predicted octanol–water partition coefficient (Wildman–Crippen LogP) is 1.40. The Kier molecular flexibility index (Phi) is 4.25. The zero-order valence-electron chi connectivity index (χ0n) is 8.04. The lowest BCUT2D eigenvalue weighted by atomic mass is 9.94. The van der Waals surface area contributed by atoms with Crippen molar-refractivity contribution >= 4 is 5.97 Å². The molecule has 0 N–H and O–H groups in total. The van der Waals surface area contributed by atoms with Crippen molar-refractivity contribution in [1.82, 2.24) is 0 Å². The van der Waals surface area contributed by atoms with E-state index in [1.165, 1.54) is 7.11 Å². The molecule has 2 unspecified atom stereocenters. The summed E-state index contributed by atoms with van der Waals surface area (Å²) < 4.78 is 35.4. The molecule has 82 valence electrons. The van der Waals surface area contributed by atoms with Gasteiger partial charge in [0.1, 0.15) is 25.1 Å². The monoisotopic (exact) mass is 208 g/mol. The van der Waals surface area contributed by atoms with Crippen LogP contribution in [0.5, 0.6) is 0 Å². The summed E-state index contributed by atoms with van der Waals surface area (Å²) in [5.41, 5.74) is 0. The van der Waals surface area contributed by atoms with E-state index in [1.807, 2.05) is 0 Å². The summed E-state index contributed by atoms with van der Waals surface area (Å²) in [5.74, 6) is -0.616. The molecule has 0 aliphatic heterocycles. The van der Waals surface area contributed by atoms with E-state index in [4.69, 9.17) is 4.74 Å². The summed E-state index contributed by atoms with van der Waals surface area (Å²) in [6.07, 6.45) is -2.62. The highest BCUT2D eigenvalue weighted by atomic mass is 19.1. The van der Waals surface area contributed by atoms with E-state index in [1.54, 1.807) is 0 Å². The first-order valence-corrected chi connectivity index (χ1v) is 4.61. The highest BCUT2D eigenvalue weighted by Crippen LogP contribution is 2.26. The van der Waals surface area contributed by atoms with Gasteiger partial charge >= 0.3 is 5.97 Å². The highest BCUT2D eigenvalue weighted by molar-refractivity contribution is 5.70. The maximum Gasteiger partial charge on any atom is 0.331 e. The van der Waals surface area contributed by atoms with Gasteiger partial charge in [0, 0.05) is 0 Å². The second kappa shape index (κ2) is 5.24. The summed E-state index contributed by atoms with van der Waals surface area (Å²) in [5, 5.41) is 0. The Morgan fingerprint density at radius 2 is 1.93 bits per heavy atom. The zero-order valence-corrected chi connectivity index (χ0v) is 8.04. The van der Waals surface area contributed by atoms with Gasteiger partial charge in [0.05, 0.1) is 7.11 Å². The fourth-order valence-electron chi connectivity index (χ4n) is 1.49. The third-order valence-electron chi connectivity index (χ3n) is 2.29. The largest absolute Gasteiger partial charge is 0.467 e. The van der Waals surface area contributed by atoms with Crippen molar-refractivity contribution in [2.24, 2.45) is 0 Å². The minimum absolute atomic E-state index is 0.298. The molecule has 2 atom stereocenters. The minimum atomic E-state index is -1.32. The molecule has 1 saturated carbocycles. The predicted molar refractivity (Wildman–Crippen MR) is 45.4 cm³/mol. The second-order valence-corrected chi connectivity index (χ2v) is 3.31. The number of methoxy groups -OCH3 is 1. The van der Waals surface area contributed by atoms with E-state index < -0.39 is 24.4 Å². The SMILES string of the molecule is COC(=O)COC1C(F)CCCC1F. The van der Waals surface area contributed by atoms with Crippen molar-refractivity contribution < 1.29 is 23.0 Å². The van der Waals surface area contributed by atoms with Crippen LogP contribution in [0, 0.1) is 0 Å². The molecule has 0 amide bonds. The van der Waals surface area contributed by atoms with Crippen LogP contribution in [0.25, 0.3) is 0 Å². The number of hydrogen-bond donors (Lipinski definition) is 0. The Hall–Kier alpha value is -0.710. The van der Waals surface area contributed by atoms with Crippen LogP contribution >= 0.6 is 0 Å². The van der Waals surface area contributed by atoms with E-state index in [0.29, 0.717) is 19.3 Å². The number of esters is 1. The third kappa shape index (κ3) is 2.90. The smallest absolute Gasteiger partial charge is 0.331 e. The van der Waals surface area contributed by atoms with Crippen molar-refractivity contribution in [3.05, 3.63) is 0 Å². The molecule has 1 aliphatic rings. The number of ether oxygens (including phenoxy) is 2. The van der Waals surface area contributed by atoms with Gasteiger partial charge in [0.15, 0.2) is 0 Å². The van der Waals surface area contributed by atoms with Gasteiger partial charge < -0.3 is 9.47 Å². The minimum Gasteiger partial charge on any atom is -0.467 e. The van der Waals surface area contributed by atoms with Crippen molar-refractivity contribution in [2.45, 2.75) is 37.7 Å². The van der Waals surface area contributed by atoms with Crippen LogP contribution in [-0.2, 0) is 14.3 Å². The van der Waals surface area contributed by atoms with Crippen LogP contribution in [0.4, 0.5) is 8.78 Å². The molecule has 0 aromatic carbocycles. The van der Waals surface area contributed by atoms with Crippen LogP contribution < -0.4 is 0 Å². The van der Waals surface area contributed by atoms with Gasteiger partial charge in [-0.15, -0.1) is 0 Å². The number of carbonyl (C=O) groups is 1. The molecule has 1 rings (SSSR count). The summed E-state index contributed by atoms with van der Waals surface area (Å²) >= 11 is 0. The van der Waals surface area contributed by atoms with E-state index in [-0.39, 0.29) is 6.61 Å². The van der Waals surface area contributed by atoms with Crippen LogP contribution in [0.15, 0.2) is 0 Å². The lowest BCUT2D eigenvalue weighted by molar-refractivity contribution is -0.153. The van der Waals surface area contributed by atoms with Gasteiger partial charge in [0.2, 0.25) is 0 Å². The lowest BCUT2D eigenvalue weighted by Crippen LogP contribution is -2.39. The number of hydrogen-bond acceptors (Lipinski definition) is 3. The molecule has 0 spiro atoms. The summed E-state index contributed by atoms with van der Waals surface area (Å²) in [7, 11) is 1.20. The summed E-state index contributed by atoms with van der Waals surface area (Å²) in [4.78, 5) is 10.7. The third-order valence-corrected chi connectivity index (χ3v) is 2.29. The normalized spacial score (nSPS) is 32.6. The van der Waals surface area contributed by atoms with E-state index >= 15 is 0 Å². The summed E-state index contributed by atoms with van der Waals surface area (Å²) in [6.45, 7) is -0.387. The lowest BCUT2D eigenvalue weighted by Gasteiger charge is -2.28. The Balaban J connectivity index is 2.36. The maximum atomic E-state index is 13.1. The first kappa shape index (κ1) is 11.4. The Morgan fingerprint density at radius 1 is 1.36 bits per heavy atom. The maximum absolute atomic E-state index is 13.1. The number of rotatable bonds is 3. The number of carbonyl (C=O) groups excluding carboxylic acids is 1. The van der Waals surface area contributed by atoms with Gasteiger partial charge in [-0.2, -0.15) is 0 Å². The van der Waals surface area contributed by atoms with Crippen molar-refractivity contribution in [2.75, 3.05) is 13.7 Å². The van der Waals surface area contributed by atoms with Crippen LogP contribution in [-0.4, -0.2) is 38.1 Å². The fourth-order valence-corrected chi connectivity index (χ4v) is 1.49. The van der Waals surface area contributed by atoms with Crippen LogP contribution in [0.1, 0.15) is 19.3 Å². The molecule has 3 nitrogen and oxygen atoms in total. The first-order valence-electron chi connectivity index (χ1n) is 4.61. The molecule has 0 radical (unpaired) electrons. The highest BCUT2D eigenvalue weighted by Gasteiger charge is 2.34. The Labute approximate surface area is 81.4 Å². The quantitative estimate of drug-likeness (QED) is 0.658. The van der Waals surface area contributed by atoms with E-state index in [0.717, 1.165) is 0 Å². The van der Waals surface area contributed by atoms with E-state index in [9.17, 15) is 13.6 Å². The van der Waals surface area contributed by atoms with Crippen molar-refractivity contribution in [3.8, 4) is 0 Å². The van der Waals surface area contributed by atoms with E-state index in [2.05, 4.69) is 4.74 Å². The molecule has 0 heterocycles. The molecule has 0 aromatic rings. The van der Waals surface area contributed by atoms with Gasteiger partial charge in [-0.05, 0) is 19.3 Å². The molecular weight excluding hydrogens is 194 g/mol. The average Bonchev–Trinajstić information content (AvgIpc) is 2.16. The standard InChI is InChI=1S/C9H14F2O3/c1-13-8(12)5-14-9-6(10)3-2-4-7(9)11/h6-7,9H,2-5H2,1H3. The van der Waals surface area contributed by atoms with Crippen molar-refractivity contribution in [1.29, 1.82) is 0 Å². The Bertz CT molecular complexity index is 188. The molecule has 0 aromatic heterocycles. The molecule has 1 aliphatic carbocycles. The van der Waals surface area contributed by atoms with Gasteiger partial charge in [0.25, 0.3) is 0 Å². The van der Waals surface area contributed by atoms with Crippen molar-refractivity contribution in [3.63, 3.8) is 0 Å². The van der Waals surface area contributed by atoms with Gasteiger partial charge in [-0.25, -0.2) is 13.6 Å². The molecule has 0 saturated heterocycles. The zero-order chi connectivity index (χ0) is 10.6. The van der Waals surface area contributed by atoms with Gasteiger partial charge in [-0.1, -0.05) is 0 Å². The average molecular weight is 208 g/mol. The first-order chi connectivity index (χ1) is 6.65. The molecule has 0 bridgehead atoms. The molecular formula is C9H14F2O3. The fraction of sp³-hybridized carbons (Fsp3) is 0.889. The topological polar surface area (TPSA) is 35.5 Å². The number of halogens is 2. The molecule has 14 heavy (non-hydrogen) atoms. The molecule has 5 heteroatoms. The number of alkyl halides is 2. The second-order valence-electron chi connectivity index (χ2n) is 3.31. The van der Waals surface area contributed by atoms with Crippen LogP contribution in [0.3, 0.4) is 0 Å². The van der Waals surface area contributed by atoms with Crippen LogP contribution in [0.2, 0.25) is 0 Å². The molecule has 1 fully saturated rings. The summed E-state index contributed by atoms with van der Waals surface area (Å²) in [6, 6.07) is 0. The van der Waals surface area contributed by atoms with Gasteiger partial charge in [-0.3, -0.25) is 0 Å².